The Labute approximate surface area is 143 Å². The quantitative estimate of drug-likeness (QED) is 0.734. The Balaban J connectivity index is 1.49. The monoisotopic (exact) mass is 338 g/mol. The summed E-state index contributed by atoms with van der Waals surface area (Å²) < 4.78 is 19.2. The Morgan fingerprint density at radius 3 is 2.84 bits per heavy atom. The minimum atomic E-state index is -0.508. The van der Waals surface area contributed by atoms with Crippen LogP contribution in [0.1, 0.15) is 28.6 Å². The molecular weight excluding hydrogens is 323 g/mol. The van der Waals surface area contributed by atoms with Gasteiger partial charge in [0.2, 0.25) is 11.7 Å². The molecule has 6 nitrogen and oxygen atoms in total. The Kier molecular flexibility index (Phi) is 3.97. The molecule has 0 spiro atoms. The first-order chi connectivity index (χ1) is 12.2. The molecule has 1 atom stereocenters. The lowest BCUT2D eigenvalue weighted by Gasteiger charge is -2.16. The van der Waals surface area contributed by atoms with Crippen LogP contribution >= 0.6 is 0 Å². The fraction of sp³-hybridized carbons (Fsp3) is 0.222. The van der Waals surface area contributed by atoms with Crippen molar-refractivity contribution >= 4 is 5.91 Å². The number of nitrogens with zero attached hydrogens (tertiary/aromatic N) is 4. The van der Waals surface area contributed by atoms with Crippen LogP contribution < -0.4 is 0 Å². The van der Waals surface area contributed by atoms with Gasteiger partial charge in [0.15, 0.2) is 0 Å². The lowest BCUT2D eigenvalue weighted by atomic mass is 10.1. The number of aromatic nitrogens is 3. The molecule has 4 rings (SSSR count). The molecule has 1 amide bonds. The smallest absolute Gasteiger partial charge is 0.256 e. The van der Waals surface area contributed by atoms with Crippen molar-refractivity contribution < 1.29 is 13.7 Å². The number of pyridine rings is 1. The van der Waals surface area contributed by atoms with Crippen LogP contribution in [-0.4, -0.2) is 39.0 Å². The van der Waals surface area contributed by atoms with Crippen molar-refractivity contribution in [2.45, 2.75) is 12.3 Å². The molecule has 1 unspecified atom stereocenters. The summed E-state index contributed by atoms with van der Waals surface area (Å²) in [4.78, 5) is 22.7. The number of halogens is 1. The van der Waals surface area contributed by atoms with E-state index in [0.29, 0.717) is 36.9 Å². The highest BCUT2D eigenvalue weighted by Crippen LogP contribution is 2.28. The van der Waals surface area contributed by atoms with E-state index in [-0.39, 0.29) is 17.4 Å². The molecule has 1 aromatic carbocycles. The molecule has 25 heavy (non-hydrogen) atoms. The van der Waals surface area contributed by atoms with Crippen LogP contribution in [0, 0.1) is 5.82 Å². The molecule has 0 N–H and O–H groups in total. The number of hydrogen-bond donors (Lipinski definition) is 0. The first-order valence-corrected chi connectivity index (χ1v) is 8.01. The zero-order valence-corrected chi connectivity index (χ0v) is 13.3. The van der Waals surface area contributed by atoms with Gasteiger partial charge in [0, 0.05) is 19.3 Å². The van der Waals surface area contributed by atoms with Gasteiger partial charge in [0.05, 0.1) is 11.5 Å². The summed E-state index contributed by atoms with van der Waals surface area (Å²) in [5, 5.41) is 3.96. The first-order valence-electron chi connectivity index (χ1n) is 8.01. The van der Waals surface area contributed by atoms with Crippen molar-refractivity contribution in [3.8, 4) is 11.5 Å². The topological polar surface area (TPSA) is 72.1 Å². The summed E-state index contributed by atoms with van der Waals surface area (Å²) in [5.41, 5.74) is 0.720. The van der Waals surface area contributed by atoms with E-state index < -0.39 is 5.82 Å². The van der Waals surface area contributed by atoms with Crippen LogP contribution in [0.25, 0.3) is 11.5 Å². The molecule has 0 radical (unpaired) electrons. The van der Waals surface area contributed by atoms with Crippen molar-refractivity contribution in [1.29, 1.82) is 0 Å². The Bertz CT molecular complexity index is 897. The molecule has 0 aliphatic carbocycles. The highest BCUT2D eigenvalue weighted by atomic mass is 19.1. The van der Waals surface area contributed by atoms with E-state index in [4.69, 9.17) is 4.52 Å². The largest absolute Gasteiger partial charge is 0.339 e. The van der Waals surface area contributed by atoms with Crippen molar-refractivity contribution in [3.63, 3.8) is 0 Å². The molecule has 2 aromatic heterocycles. The van der Waals surface area contributed by atoms with Crippen molar-refractivity contribution in [2.75, 3.05) is 13.1 Å². The second kappa shape index (κ2) is 6.43. The van der Waals surface area contributed by atoms with Crippen LogP contribution in [0.2, 0.25) is 0 Å². The minimum absolute atomic E-state index is 0.0549. The lowest BCUT2D eigenvalue weighted by molar-refractivity contribution is 0.0785. The number of likely N-dealkylation sites (tertiary alicyclic amines) is 1. The van der Waals surface area contributed by atoms with Crippen LogP contribution in [0.15, 0.2) is 53.2 Å². The molecule has 1 aliphatic heterocycles. The number of carbonyl (C=O) groups excluding carboxylic acids is 1. The predicted octanol–water partition coefficient (Wildman–Crippen LogP) is 2.90. The average Bonchev–Trinajstić information content (AvgIpc) is 3.32. The molecule has 3 aromatic rings. The summed E-state index contributed by atoms with van der Waals surface area (Å²) in [5.74, 6) is 0.0240. The molecule has 0 saturated carbocycles. The lowest BCUT2D eigenvalue weighted by Crippen LogP contribution is -2.29. The molecular formula is C18H15FN4O2. The normalized spacial score (nSPS) is 17.0. The van der Waals surface area contributed by atoms with E-state index in [2.05, 4.69) is 15.1 Å². The molecule has 126 valence electrons. The van der Waals surface area contributed by atoms with E-state index in [9.17, 15) is 9.18 Å². The minimum Gasteiger partial charge on any atom is -0.339 e. The summed E-state index contributed by atoms with van der Waals surface area (Å²) in [6, 6.07) is 11.5. The first kappa shape index (κ1) is 15.4. The van der Waals surface area contributed by atoms with E-state index in [1.54, 1.807) is 29.3 Å². The van der Waals surface area contributed by atoms with Crippen LogP contribution in [0.5, 0.6) is 0 Å². The number of hydrogen-bond acceptors (Lipinski definition) is 5. The van der Waals surface area contributed by atoms with E-state index >= 15 is 0 Å². The third-order valence-corrected chi connectivity index (χ3v) is 4.26. The van der Waals surface area contributed by atoms with Gasteiger partial charge < -0.3 is 9.42 Å². The Hall–Kier alpha value is -3.09. The second-order valence-electron chi connectivity index (χ2n) is 5.89. The zero-order valence-electron chi connectivity index (χ0n) is 13.3. The predicted molar refractivity (Wildman–Crippen MR) is 87.2 cm³/mol. The molecule has 3 heterocycles. The summed E-state index contributed by atoms with van der Waals surface area (Å²) in [6.07, 6.45) is 2.36. The summed E-state index contributed by atoms with van der Waals surface area (Å²) >= 11 is 0. The van der Waals surface area contributed by atoms with Gasteiger partial charge in [-0.3, -0.25) is 9.78 Å². The van der Waals surface area contributed by atoms with Gasteiger partial charge in [-0.25, -0.2) is 4.39 Å². The second-order valence-corrected chi connectivity index (χ2v) is 5.89. The van der Waals surface area contributed by atoms with Crippen LogP contribution in [0.4, 0.5) is 4.39 Å². The summed E-state index contributed by atoms with van der Waals surface area (Å²) in [6.45, 7) is 0.955. The van der Waals surface area contributed by atoms with Crippen molar-refractivity contribution in [1.82, 2.24) is 20.0 Å². The van der Waals surface area contributed by atoms with Crippen molar-refractivity contribution in [2.24, 2.45) is 0 Å². The van der Waals surface area contributed by atoms with Gasteiger partial charge in [-0.1, -0.05) is 23.4 Å². The molecule has 0 bridgehead atoms. The standard InChI is InChI=1S/C18H15FN4O2/c19-14-6-2-1-5-13(14)18(24)23-10-8-12(11-23)17-21-16(22-25-17)15-7-3-4-9-20-15/h1-7,9,12H,8,10-11H2. The van der Waals surface area contributed by atoms with Gasteiger partial charge in [-0.05, 0) is 30.7 Å². The maximum Gasteiger partial charge on any atom is 0.256 e. The SMILES string of the molecule is O=C(c1ccccc1F)N1CCC(c2nc(-c3ccccn3)no2)C1. The molecule has 1 aliphatic rings. The Morgan fingerprint density at radius 2 is 2.04 bits per heavy atom. The van der Waals surface area contributed by atoms with Gasteiger partial charge in [-0.15, -0.1) is 0 Å². The van der Waals surface area contributed by atoms with Gasteiger partial charge in [-0.2, -0.15) is 4.98 Å². The third kappa shape index (κ3) is 3.00. The number of amides is 1. The van der Waals surface area contributed by atoms with E-state index in [0.717, 1.165) is 0 Å². The fourth-order valence-corrected chi connectivity index (χ4v) is 2.95. The maximum absolute atomic E-state index is 13.8. The maximum atomic E-state index is 13.8. The highest BCUT2D eigenvalue weighted by Gasteiger charge is 2.32. The highest BCUT2D eigenvalue weighted by molar-refractivity contribution is 5.94. The van der Waals surface area contributed by atoms with Crippen LogP contribution in [0.3, 0.4) is 0 Å². The van der Waals surface area contributed by atoms with Gasteiger partial charge >= 0.3 is 0 Å². The molecule has 7 heteroatoms. The fourth-order valence-electron chi connectivity index (χ4n) is 2.95. The molecule has 1 saturated heterocycles. The Morgan fingerprint density at radius 1 is 1.20 bits per heavy atom. The summed E-state index contributed by atoms with van der Waals surface area (Å²) in [7, 11) is 0. The number of rotatable bonds is 3. The van der Waals surface area contributed by atoms with E-state index in [1.807, 2.05) is 12.1 Å². The average molecular weight is 338 g/mol. The number of benzene rings is 1. The number of carbonyl (C=O) groups is 1. The third-order valence-electron chi connectivity index (χ3n) is 4.26. The van der Waals surface area contributed by atoms with E-state index in [1.165, 1.54) is 12.1 Å². The van der Waals surface area contributed by atoms with Gasteiger partial charge in [0.25, 0.3) is 5.91 Å². The zero-order chi connectivity index (χ0) is 17.2. The molecule has 1 fully saturated rings. The van der Waals surface area contributed by atoms with Gasteiger partial charge in [0.1, 0.15) is 11.5 Å². The van der Waals surface area contributed by atoms with Crippen LogP contribution in [-0.2, 0) is 0 Å². The van der Waals surface area contributed by atoms with Crippen molar-refractivity contribution in [3.05, 3.63) is 65.9 Å².